The summed E-state index contributed by atoms with van der Waals surface area (Å²) >= 11 is 3.24. The quantitative estimate of drug-likeness (QED) is 0.577. The van der Waals surface area contributed by atoms with Crippen molar-refractivity contribution in [3.05, 3.63) is 16.1 Å². The molecule has 0 unspecified atom stereocenters. The number of thiazole rings is 1. The summed E-state index contributed by atoms with van der Waals surface area (Å²) < 4.78 is 4.60. The van der Waals surface area contributed by atoms with Gasteiger partial charge in [-0.2, -0.15) is 11.8 Å². The molecule has 14 heavy (non-hydrogen) atoms. The van der Waals surface area contributed by atoms with Gasteiger partial charge in [0.2, 0.25) is 0 Å². The predicted molar refractivity (Wildman–Crippen MR) is 59.9 cm³/mol. The zero-order chi connectivity index (χ0) is 10.4. The molecule has 1 rings (SSSR count). The molecular weight excluding hydrogens is 218 g/mol. The Morgan fingerprint density at radius 1 is 1.71 bits per heavy atom. The molecule has 1 aromatic rings. The van der Waals surface area contributed by atoms with Crippen molar-refractivity contribution < 1.29 is 9.53 Å². The standard InChI is InChI=1S/C9H13NO2S2/c1-3-4-13-6-8-10-5-7(14-8)9(11)12-2/h5H,3-4,6H2,1-2H3. The molecule has 0 radical (unpaired) electrons. The largest absolute Gasteiger partial charge is 0.465 e. The highest BCUT2D eigenvalue weighted by atomic mass is 32.2. The number of hydrogen-bond acceptors (Lipinski definition) is 5. The van der Waals surface area contributed by atoms with Gasteiger partial charge in [0.25, 0.3) is 0 Å². The Balaban J connectivity index is 2.46. The van der Waals surface area contributed by atoms with E-state index < -0.39 is 0 Å². The molecular formula is C9H13NO2S2. The van der Waals surface area contributed by atoms with Crippen molar-refractivity contribution in [1.82, 2.24) is 4.98 Å². The SMILES string of the molecule is CCCSCc1ncc(C(=O)OC)s1. The number of carbonyl (C=O) groups excluding carboxylic acids is 1. The Hall–Kier alpha value is -0.550. The average molecular weight is 231 g/mol. The van der Waals surface area contributed by atoms with Crippen molar-refractivity contribution in [2.75, 3.05) is 12.9 Å². The lowest BCUT2D eigenvalue weighted by Crippen LogP contribution is -1.96. The molecule has 78 valence electrons. The van der Waals surface area contributed by atoms with E-state index in [1.807, 2.05) is 11.8 Å². The van der Waals surface area contributed by atoms with Gasteiger partial charge >= 0.3 is 5.97 Å². The first-order valence-corrected chi connectivity index (χ1v) is 6.35. The van der Waals surface area contributed by atoms with Crippen molar-refractivity contribution in [2.45, 2.75) is 19.1 Å². The first kappa shape index (κ1) is 11.5. The van der Waals surface area contributed by atoms with Gasteiger partial charge in [0.1, 0.15) is 9.88 Å². The molecule has 0 N–H and O–H groups in total. The fraction of sp³-hybridized carbons (Fsp3) is 0.556. The molecule has 0 aliphatic carbocycles. The second kappa shape index (κ2) is 6.03. The minimum absolute atomic E-state index is 0.297. The molecule has 0 atom stereocenters. The summed E-state index contributed by atoms with van der Waals surface area (Å²) in [6.45, 7) is 2.15. The summed E-state index contributed by atoms with van der Waals surface area (Å²) in [4.78, 5) is 15.8. The number of hydrogen-bond donors (Lipinski definition) is 0. The smallest absolute Gasteiger partial charge is 0.349 e. The summed E-state index contributed by atoms with van der Waals surface area (Å²) in [5, 5.41) is 0.990. The van der Waals surface area contributed by atoms with E-state index in [1.54, 1.807) is 6.20 Å². The summed E-state index contributed by atoms with van der Waals surface area (Å²) in [5.74, 6) is 1.72. The summed E-state index contributed by atoms with van der Waals surface area (Å²) in [6, 6.07) is 0. The van der Waals surface area contributed by atoms with Gasteiger partial charge in [-0.15, -0.1) is 11.3 Å². The number of ether oxygens (including phenoxy) is 1. The molecule has 0 saturated heterocycles. The monoisotopic (exact) mass is 231 g/mol. The van der Waals surface area contributed by atoms with Crippen molar-refractivity contribution in [3.63, 3.8) is 0 Å². The van der Waals surface area contributed by atoms with Gasteiger partial charge in [-0.1, -0.05) is 6.92 Å². The molecule has 0 aliphatic heterocycles. The topological polar surface area (TPSA) is 39.2 Å². The molecule has 0 bridgehead atoms. The van der Waals surface area contributed by atoms with Gasteiger partial charge in [0.15, 0.2) is 0 Å². The van der Waals surface area contributed by atoms with E-state index in [4.69, 9.17) is 0 Å². The van der Waals surface area contributed by atoms with E-state index in [1.165, 1.54) is 24.9 Å². The summed E-state index contributed by atoms with van der Waals surface area (Å²) in [7, 11) is 1.38. The number of esters is 1. The number of thioether (sulfide) groups is 1. The third kappa shape index (κ3) is 3.31. The fourth-order valence-electron chi connectivity index (χ4n) is 0.876. The molecule has 0 amide bonds. The number of rotatable bonds is 5. The number of nitrogens with zero attached hydrogens (tertiary/aromatic N) is 1. The van der Waals surface area contributed by atoms with Gasteiger partial charge < -0.3 is 4.74 Å². The van der Waals surface area contributed by atoms with Gasteiger partial charge in [0.05, 0.1) is 13.3 Å². The van der Waals surface area contributed by atoms with E-state index in [9.17, 15) is 4.79 Å². The summed E-state index contributed by atoms with van der Waals surface area (Å²) in [6.07, 6.45) is 2.75. The van der Waals surface area contributed by atoms with Gasteiger partial charge in [0, 0.05) is 5.75 Å². The number of carbonyl (C=O) groups is 1. The third-order valence-corrected chi connectivity index (χ3v) is 3.85. The Kier molecular flexibility index (Phi) is 4.97. The van der Waals surface area contributed by atoms with Crippen LogP contribution in [0, 0.1) is 0 Å². The minimum atomic E-state index is -0.297. The third-order valence-electron chi connectivity index (χ3n) is 1.51. The van der Waals surface area contributed by atoms with E-state index in [0.717, 1.165) is 16.5 Å². The second-order valence-corrected chi connectivity index (χ2v) is 4.88. The molecule has 0 fully saturated rings. The van der Waals surface area contributed by atoms with Crippen LogP contribution in [0.25, 0.3) is 0 Å². The normalized spacial score (nSPS) is 10.1. The van der Waals surface area contributed by atoms with Crippen molar-refractivity contribution in [1.29, 1.82) is 0 Å². The molecule has 1 aromatic heterocycles. The lowest BCUT2D eigenvalue weighted by molar-refractivity contribution is 0.0606. The van der Waals surface area contributed by atoms with Crippen LogP contribution in [0.5, 0.6) is 0 Å². The number of aromatic nitrogens is 1. The summed E-state index contributed by atoms with van der Waals surface area (Å²) in [5.41, 5.74) is 0. The van der Waals surface area contributed by atoms with Crippen LogP contribution in [0.3, 0.4) is 0 Å². The molecule has 0 aliphatic rings. The zero-order valence-electron chi connectivity index (χ0n) is 8.28. The minimum Gasteiger partial charge on any atom is -0.465 e. The molecule has 3 nitrogen and oxygen atoms in total. The van der Waals surface area contributed by atoms with E-state index in [-0.39, 0.29) is 5.97 Å². The maximum absolute atomic E-state index is 11.1. The second-order valence-electron chi connectivity index (χ2n) is 2.66. The average Bonchev–Trinajstić information content (AvgIpc) is 2.66. The highest BCUT2D eigenvalue weighted by Crippen LogP contribution is 2.19. The van der Waals surface area contributed by atoms with Crippen molar-refractivity contribution >= 4 is 29.1 Å². The lowest BCUT2D eigenvalue weighted by atomic mass is 10.6. The van der Waals surface area contributed by atoms with Crippen LogP contribution < -0.4 is 0 Å². The molecule has 1 heterocycles. The number of methoxy groups -OCH3 is 1. The maximum atomic E-state index is 11.1. The van der Waals surface area contributed by atoms with Gasteiger partial charge in [-0.25, -0.2) is 9.78 Å². The molecule has 0 aromatic carbocycles. The Labute approximate surface area is 91.9 Å². The first-order chi connectivity index (χ1) is 6.77. The Morgan fingerprint density at radius 2 is 2.50 bits per heavy atom. The van der Waals surface area contributed by atoms with Crippen LogP contribution in [0.15, 0.2) is 6.20 Å². The zero-order valence-corrected chi connectivity index (χ0v) is 9.91. The highest BCUT2D eigenvalue weighted by molar-refractivity contribution is 7.98. The van der Waals surface area contributed by atoms with Gasteiger partial charge in [-0.05, 0) is 12.2 Å². The first-order valence-electron chi connectivity index (χ1n) is 4.38. The van der Waals surface area contributed by atoms with Crippen LogP contribution in [0.2, 0.25) is 0 Å². The fourth-order valence-corrected chi connectivity index (χ4v) is 2.67. The lowest BCUT2D eigenvalue weighted by Gasteiger charge is -1.94. The molecule has 5 heteroatoms. The Morgan fingerprint density at radius 3 is 3.14 bits per heavy atom. The van der Waals surface area contributed by atoms with E-state index in [2.05, 4.69) is 16.6 Å². The Bertz CT molecular complexity index is 299. The molecule has 0 saturated carbocycles. The van der Waals surface area contributed by atoms with Crippen LogP contribution in [0.1, 0.15) is 28.0 Å². The maximum Gasteiger partial charge on any atom is 0.349 e. The van der Waals surface area contributed by atoms with Gasteiger partial charge in [-0.3, -0.25) is 0 Å². The molecule has 0 spiro atoms. The highest BCUT2D eigenvalue weighted by Gasteiger charge is 2.09. The van der Waals surface area contributed by atoms with E-state index >= 15 is 0 Å². The van der Waals surface area contributed by atoms with Crippen LogP contribution in [-0.2, 0) is 10.5 Å². The van der Waals surface area contributed by atoms with Crippen LogP contribution in [-0.4, -0.2) is 23.8 Å². The van der Waals surface area contributed by atoms with Crippen molar-refractivity contribution in [3.8, 4) is 0 Å². The van der Waals surface area contributed by atoms with Crippen LogP contribution in [0.4, 0.5) is 0 Å². The predicted octanol–water partition coefficient (Wildman–Crippen LogP) is 2.57. The van der Waals surface area contributed by atoms with Crippen LogP contribution >= 0.6 is 23.1 Å². The van der Waals surface area contributed by atoms with Crippen molar-refractivity contribution in [2.24, 2.45) is 0 Å². The van der Waals surface area contributed by atoms with E-state index in [0.29, 0.717) is 4.88 Å².